The van der Waals surface area contributed by atoms with Gasteiger partial charge in [-0.2, -0.15) is 10.1 Å². The topological polar surface area (TPSA) is 86.3 Å². The number of hydrogen-bond acceptors (Lipinski definition) is 7. The number of phenols is 2. The minimum absolute atomic E-state index is 0.224. The van der Waals surface area contributed by atoms with E-state index in [0.717, 1.165) is 16.8 Å². The highest BCUT2D eigenvalue weighted by atomic mass is 32.2. The maximum Gasteiger partial charge on any atom is 0.286 e. The van der Waals surface area contributed by atoms with Gasteiger partial charge in [0.1, 0.15) is 5.76 Å². The highest BCUT2D eigenvalue weighted by Crippen LogP contribution is 2.34. The number of hydrogen-bond donors (Lipinski definition) is 2. The largest absolute Gasteiger partial charge is 0.504 e. The molecule has 1 amide bonds. The molecule has 2 heterocycles. The minimum atomic E-state index is -0.365. The van der Waals surface area contributed by atoms with E-state index in [1.807, 2.05) is 0 Å². The van der Waals surface area contributed by atoms with Crippen LogP contribution in [0.2, 0.25) is 0 Å². The number of carbonyl (C=O) groups excluding carboxylic acids is 1. The molecule has 0 unspecified atom stereocenters. The van der Waals surface area contributed by atoms with Crippen LogP contribution in [0.15, 0.2) is 51.0 Å². The van der Waals surface area contributed by atoms with Crippen molar-refractivity contribution in [3.05, 3.63) is 52.8 Å². The second-order valence-electron chi connectivity index (χ2n) is 4.50. The van der Waals surface area contributed by atoms with Crippen molar-refractivity contribution in [2.24, 2.45) is 5.10 Å². The standard InChI is InChI=1S/C15H10N2O4S2/c18-11-4-3-9(6-12(11)19)7-13-14(20)17(15(22)23-13)16-8-10-2-1-5-21-10/h1-8,18-19H/b13-7+,16-8+. The van der Waals surface area contributed by atoms with Crippen molar-refractivity contribution in [1.82, 2.24) is 5.01 Å². The van der Waals surface area contributed by atoms with Crippen molar-refractivity contribution in [3.63, 3.8) is 0 Å². The zero-order valence-corrected chi connectivity index (χ0v) is 13.2. The molecule has 0 atom stereocenters. The molecule has 1 aliphatic rings. The lowest BCUT2D eigenvalue weighted by Gasteiger charge is -2.05. The lowest BCUT2D eigenvalue weighted by molar-refractivity contribution is -0.122. The van der Waals surface area contributed by atoms with Crippen LogP contribution >= 0.6 is 24.0 Å². The number of phenolic OH excluding ortho intramolecular Hbond substituents is 2. The van der Waals surface area contributed by atoms with Gasteiger partial charge in [-0.25, -0.2) is 0 Å². The van der Waals surface area contributed by atoms with Crippen molar-refractivity contribution < 1.29 is 19.4 Å². The fourth-order valence-electron chi connectivity index (χ4n) is 1.82. The molecule has 0 saturated carbocycles. The number of carbonyl (C=O) groups is 1. The van der Waals surface area contributed by atoms with Crippen LogP contribution in [-0.4, -0.2) is 31.7 Å². The summed E-state index contributed by atoms with van der Waals surface area (Å²) in [6, 6.07) is 7.69. The van der Waals surface area contributed by atoms with Gasteiger partial charge in [-0.3, -0.25) is 4.79 Å². The molecule has 1 aliphatic heterocycles. The molecule has 8 heteroatoms. The van der Waals surface area contributed by atoms with E-state index in [2.05, 4.69) is 5.10 Å². The second-order valence-corrected chi connectivity index (χ2v) is 6.18. The van der Waals surface area contributed by atoms with E-state index in [0.29, 0.717) is 20.5 Å². The second kappa shape index (κ2) is 6.27. The highest BCUT2D eigenvalue weighted by Gasteiger charge is 2.32. The Balaban J connectivity index is 1.82. The third-order valence-corrected chi connectivity index (χ3v) is 4.20. The summed E-state index contributed by atoms with van der Waals surface area (Å²) in [5.41, 5.74) is 0.566. The maximum atomic E-state index is 12.3. The third-order valence-electron chi connectivity index (χ3n) is 2.91. The van der Waals surface area contributed by atoms with Crippen LogP contribution in [0.5, 0.6) is 11.5 Å². The van der Waals surface area contributed by atoms with E-state index in [-0.39, 0.29) is 17.4 Å². The van der Waals surface area contributed by atoms with E-state index >= 15 is 0 Å². The van der Waals surface area contributed by atoms with Crippen LogP contribution in [0, 0.1) is 0 Å². The van der Waals surface area contributed by atoms with Crippen LogP contribution in [0.3, 0.4) is 0 Å². The zero-order chi connectivity index (χ0) is 16.4. The summed E-state index contributed by atoms with van der Waals surface area (Å²) in [6.07, 6.45) is 4.48. The molecular formula is C15H10N2O4S2. The monoisotopic (exact) mass is 346 g/mol. The molecule has 6 nitrogen and oxygen atoms in total. The molecule has 1 fully saturated rings. The Bertz CT molecular complexity index is 828. The molecule has 1 aromatic heterocycles. The van der Waals surface area contributed by atoms with Crippen LogP contribution in [0.1, 0.15) is 11.3 Å². The molecule has 23 heavy (non-hydrogen) atoms. The summed E-state index contributed by atoms with van der Waals surface area (Å²) in [6.45, 7) is 0. The number of hydrazone groups is 1. The van der Waals surface area contributed by atoms with Gasteiger partial charge in [0, 0.05) is 0 Å². The van der Waals surface area contributed by atoms with Crippen molar-refractivity contribution in [3.8, 4) is 11.5 Å². The Labute approximate surface area is 140 Å². The number of benzene rings is 1. The molecule has 2 N–H and O–H groups in total. The molecular weight excluding hydrogens is 336 g/mol. The first kappa shape index (κ1) is 15.3. The molecule has 1 saturated heterocycles. The number of thioether (sulfide) groups is 1. The van der Waals surface area contributed by atoms with Gasteiger partial charge < -0.3 is 14.6 Å². The zero-order valence-electron chi connectivity index (χ0n) is 11.5. The molecule has 0 radical (unpaired) electrons. The van der Waals surface area contributed by atoms with Gasteiger partial charge in [-0.05, 0) is 48.1 Å². The maximum absolute atomic E-state index is 12.3. The van der Waals surface area contributed by atoms with Crippen LogP contribution in [-0.2, 0) is 4.79 Å². The van der Waals surface area contributed by atoms with Crippen LogP contribution in [0.4, 0.5) is 0 Å². The van der Waals surface area contributed by atoms with Gasteiger partial charge in [0.2, 0.25) is 0 Å². The molecule has 116 valence electrons. The fourth-order valence-corrected chi connectivity index (χ4v) is 2.99. The van der Waals surface area contributed by atoms with Gasteiger partial charge in [-0.15, -0.1) is 0 Å². The highest BCUT2D eigenvalue weighted by molar-refractivity contribution is 8.26. The lowest BCUT2D eigenvalue weighted by Crippen LogP contribution is -2.22. The van der Waals surface area contributed by atoms with Crippen molar-refractivity contribution in [2.45, 2.75) is 0 Å². The van der Waals surface area contributed by atoms with Crippen LogP contribution < -0.4 is 0 Å². The van der Waals surface area contributed by atoms with Gasteiger partial charge >= 0.3 is 0 Å². The molecule has 0 bridgehead atoms. The number of aromatic hydroxyl groups is 2. The van der Waals surface area contributed by atoms with Gasteiger partial charge in [-0.1, -0.05) is 17.8 Å². The summed E-state index contributed by atoms with van der Waals surface area (Å²) >= 11 is 6.25. The summed E-state index contributed by atoms with van der Waals surface area (Å²) in [5.74, 6) is -0.343. The number of thiocarbonyl (C=S) groups is 1. The predicted octanol–water partition coefficient (Wildman–Crippen LogP) is 2.93. The predicted molar refractivity (Wildman–Crippen MR) is 91.1 cm³/mol. The summed E-state index contributed by atoms with van der Waals surface area (Å²) in [7, 11) is 0. The fraction of sp³-hybridized carbons (Fsp3) is 0. The van der Waals surface area contributed by atoms with Gasteiger partial charge in [0.25, 0.3) is 5.91 Å². The number of furan rings is 1. The van der Waals surface area contributed by atoms with E-state index in [1.54, 1.807) is 24.3 Å². The van der Waals surface area contributed by atoms with Crippen LogP contribution in [0.25, 0.3) is 6.08 Å². The Morgan fingerprint density at radius 3 is 2.78 bits per heavy atom. The Morgan fingerprint density at radius 2 is 2.09 bits per heavy atom. The average molecular weight is 346 g/mol. The molecule has 1 aromatic carbocycles. The molecule has 3 rings (SSSR count). The summed E-state index contributed by atoms with van der Waals surface area (Å²) in [4.78, 5) is 12.7. The Kier molecular flexibility index (Phi) is 4.18. The van der Waals surface area contributed by atoms with E-state index in [4.69, 9.17) is 16.6 Å². The Morgan fingerprint density at radius 1 is 1.26 bits per heavy atom. The first-order valence-corrected chi connectivity index (χ1v) is 7.64. The third kappa shape index (κ3) is 3.27. The number of rotatable bonds is 3. The summed E-state index contributed by atoms with van der Waals surface area (Å²) in [5, 5.41) is 23.9. The minimum Gasteiger partial charge on any atom is -0.504 e. The normalized spacial score (nSPS) is 16.9. The molecule has 2 aromatic rings. The first-order valence-electron chi connectivity index (χ1n) is 6.42. The number of amides is 1. The molecule has 0 aliphatic carbocycles. The Hall–Kier alpha value is -2.58. The SMILES string of the molecule is O=C1/C(=C\c2ccc(O)c(O)c2)SC(=S)N1/N=C/c1ccco1. The van der Waals surface area contributed by atoms with Gasteiger partial charge in [0.05, 0.1) is 17.4 Å². The van der Waals surface area contributed by atoms with E-state index in [9.17, 15) is 15.0 Å². The van der Waals surface area contributed by atoms with Gasteiger partial charge in [0.15, 0.2) is 15.8 Å². The van der Waals surface area contributed by atoms with Crippen molar-refractivity contribution in [1.29, 1.82) is 0 Å². The quantitative estimate of drug-likeness (QED) is 0.385. The van der Waals surface area contributed by atoms with Crippen molar-refractivity contribution >= 4 is 46.5 Å². The van der Waals surface area contributed by atoms with Crippen molar-refractivity contribution in [2.75, 3.05) is 0 Å². The summed E-state index contributed by atoms with van der Waals surface area (Å²) < 4.78 is 5.41. The first-order chi connectivity index (χ1) is 11.0. The average Bonchev–Trinajstić information content (AvgIpc) is 3.11. The smallest absolute Gasteiger partial charge is 0.286 e. The molecule has 0 spiro atoms. The van der Waals surface area contributed by atoms with E-state index in [1.165, 1.54) is 24.6 Å². The number of nitrogens with zero attached hydrogens (tertiary/aromatic N) is 2. The lowest BCUT2D eigenvalue weighted by atomic mass is 10.2. The van der Waals surface area contributed by atoms with E-state index < -0.39 is 0 Å².